The van der Waals surface area contributed by atoms with E-state index >= 15 is 0 Å². The molecule has 36 heavy (non-hydrogen) atoms. The smallest absolute Gasteiger partial charge is 0.357 e. The van der Waals surface area contributed by atoms with E-state index in [1.165, 1.54) is 17.9 Å². The first-order chi connectivity index (χ1) is 17.5. The molecule has 0 aliphatic rings. The van der Waals surface area contributed by atoms with Gasteiger partial charge in [0.05, 0.1) is 29.4 Å². The molecule has 3 aromatic carbocycles. The third kappa shape index (κ3) is 4.03. The highest BCUT2D eigenvalue weighted by Gasteiger charge is 2.22. The summed E-state index contributed by atoms with van der Waals surface area (Å²) in [6.07, 6.45) is 1.50. The summed E-state index contributed by atoms with van der Waals surface area (Å²) in [6.45, 7) is 0. The summed E-state index contributed by atoms with van der Waals surface area (Å²) in [7, 11) is 1.26. The fourth-order valence-electron chi connectivity index (χ4n) is 3.91. The Morgan fingerprint density at radius 3 is 2.53 bits per heavy atom. The number of nitriles is 1. The van der Waals surface area contributed by atoms with Gasteiger partial charge in [-0.25, -0.2) is 9.78 Å². The van der Waals surface area contributed by atoms with Crippen molar-refractivity contribution in [2.45, 2.75) is 0 Å². The highest BCUT2D eigenvalue weighted by atomic mass is 16.5. The Hall–Kier alpha value is -5.36. The fraction of sp³-hybridized carbons (Fsp3) is 0.0370. The Morgan fingerprint density at radius 1 is 1.08 bits per heavy atom. The third-order valence-corrected chi connectivity index (χ3v) is 5.74. The summed E-state index contributed by atoms with van der Waals surface area (Å²) in [4.78, 5) is 32.6. The molecular weight excluding hydrogens is 456 g/mol. The number of benzene rings is 3. The van der Waals surface area contributed by atoms with E-state index < -0.39 is 5.97 Å². The zero-order valence-corrected chi connectivity index (χ0v) is 19.1. The van der Waals surface area contributed by atoms with Gasteiger partial charge in [0.1, 0.15) is 11.9 Å². The van der Waals surface area contributed by atoms with E-state index in [1.54, 1.807) is 18.2 Å². The lowest BCUT2D eigenvalue weighted by Gasteiger charge is -2.08. The van der Waals surface area contributed by atoms with Crippen molar-refractivity contribution in [3.05, 3.63) is 95.8 Å². The lowest BCUT2D eigenvalue weighted by molar-refractivity contribution is 0.0593. The number of aromatic amines is 1. The van der Waals surface area contributed by atoms with Crippen molar-refractivity contribution in [2.24, 2.45) is 0 Å². The van der Waals surface area contributed by atoms with Crippen LogP contribution in [0.1, 0.15) is 26.4 Å². The normalized spacial score (nSPS) is 10.7. The van der Waals surface area contributed by atoms with Gasteiger partial charge < -0.3 is 25.3 Å². The number of rotatable bonds is 5. The van der Waals surface area contributed by atoms with Crippen LogP contribution in [0, 0.1) is 11.3 Å². The first-order valence-corrected chi connectivity index (χ1v) is 10.9. The largest absolute Gasteiger partial charge is 0.464 e. The van der Waals surface area contributed by atoms with Crippen LogP contribution >= 0.6 is 0 Å². The lowest BCUT2D eigenvalue weighted by Crippen LogP contribution is -2.11. The number of imidazole rings is 1. The number of carbonyl (C=O) groups excluding carboxylic acids is 2. The molecule has 0 fully saturated rings. The molecule has 4 N–H and O–H groups in total. The van der Waals surface area contributed by atoms with Gasteiger partial charge in [-0.1, -0.05) is 18.2 Å². The van der Waals surface area contributed by atoms with Gasteiger partial charge in [0.15, 0.2) is 5.69 Å². The number of methoxy groups -OCH3 is 1. The molecule has 5 rings (SSSR count). The number of fused-ring (bicyclic) bond motifs is 1. The molecule has 0 aliphatic carbocycles. The number of nitrogens with zero attached hydrogens (tertiary/aromatic N) is 3. The molecule has 0 bridgehead atoms. The average molecular weight is 476 g/mol. The minimum Gasteiger partial charge on any atom is -0.464 e. The van der Waals surface area contributed by atoms with Crippen LogP contribution in [0.4, 0.5) is 11.4 Å². The maximum absolute atomic E-state index is 12.4. The molecule has 1 amide bonds. The minimum absolute atomic E-state index is 0.0641. The van der Waals surface area contributed by atoms with Crippen molar-refractivity contribution < 1.29 is 14.3 Å². The molecule has 176 valence electrons. The maximum atomic E-state index is 12.4. The van der Waals surface area contributed by atoms with E-state index in [-0.39, 0.29) is 22.9 Å². The number of nitrogens with two attached hydrogens (primary N) is 1. The molecule has 0 aliphatic heterocycles. The SMILES string of the molecule is COC(=O)c1c(N)c(C#N)cn1-c1ccc2nc(-c3ccc(NC(=O)c4ccccc4)cc3)[nH]c2c1. The molecule has 5 aromatic rings. The Balaban J connectivity index is 1.43. The van der Waals surface area contributed by atoms with Gasteiger partial charge >= 0.3 is 5.97 Å². The van der Waals surface area contributed by atoms with Crippen LogP contribution in [0.2, 0.25) is 0 Å². The Kier molecular flexibility index (Phi) is 5.68. The van der Waals surface area contributed by atoms with Crippen LogP contribution in [0.5, 0.6) is 0 Å². The number of H-pyrrole nitrogens is 1. The van der Waals surface area contributed by atoms with Crippen LogP contribution in [-0.2, 0) is 4.74 Å². The molecule has 0 saturated heterocycles. The molecule has 2 heterocycles. The molecule has 9 nitrogen and oxygen atoms in total. The Labute approximate surface area is 205 Å². The zero-order chi connectivity index (χ0) is 25.2. The van der Waals surface area contributed by atoms with Crippen molar-refractivity contribution >= 4 is 34.3 Å². The number of nitrogen functional groups attached to an aromatic ring is 1. The van der Waals surface area contributed by atoms with Crippen molar-refractivity contribution in [3.8, 4) is 23.1 Å². The van der Waals surface area contributed by atoms with Crippen LogP contribution < -0.4 is 11.1 Å². The summed E-state index contributed by atoms with van der Waals surface area (Å²) in [5, 5.41) is 12.2. The van der Waals surface area contributed by atoms with Gasteiger partial charge in [0, 0.05) is 28.7 Å². The van der Waals surface area contributed by atoms with Gasteiger partial charge in [-0.3, -0.25) is 4.79 Å². The maximum Gasteiger partial charge on any atom is 0.357 e. The first-order valence-electron chi connectivity index (χ1n) is 10.9. The molecule has 9 heteroatoms. The lowest BCUT2D eigenvalue weighted by atomic mass is 10.1. The summed E-state index contributed by atoms with van der Waals surface area (Å²) in [6, 6.07) is 23.7. The monoisotopic (exact) mass is 476 g/mol. The van der Waals surface area contributed by atoms with Crippen molar-refractivity contribution in [3.63, 3.8) is 0 Å². The van der Waals surface area contributed by atoms with E-state index in [0.717, 1.165) is 16.6 Å². The summed E-state index contributed by atoms with van der Waals surface area (Å²) in [5.74, 6) is -0.184. The quantitative estimate of drug-likeness (QED) is 0.319. The highest BCUT2D eigenvalue weighted by Crippen LogP contribution is 2.28. The first kappa shape index (κ1) is 22.4. The summed E-state index contributed by atoms with van der Waals surface area (Å²) < 4.78 is 6.38. The number of amides is 1. The average Bonchev–Trinajstić information content (AvgIpc) is 3.49. The number of ether oxygens (including phenoxy) is 1. The number of anilines is 2. The van der Waals surface area contributed by atoms with Crippen molar-refractivity contribution in [1.29, 1.82) is 5.26 Å². The molecule has 0 atom stereocenters. The zero-order valence-electron chi connectivity index (χ0n) is 19.1. The second kappa shape index (κ2) is 9.12. The molecular formula is C27H20N6O3. The number of nitrogens with one attached hydrogen (secondary N) is 2. The Bertz CT molecular complexity index is 1640. The summed E-state index contributed by atoms with van der Waals surface area (Å²) >= 11 is 0. The van der Waals surface area contributed by atoms with Crippen LogP contribution in [-0.4, -0.2) is 33.5 Å². The Morgan fingerprint density at radius 2 is 1.83 bits per heavy atom. The molecule has 0 saturated carbocycles. The van der Waals surface area contributed by atoms with E-state index in [0.29, 0.717) is 22.8 Å². The van der Waals surface area contributed by atoms with Crippen molar-refractivity contribution in [1.82, 2.24) is 14.5 Å². The van der Waals surface area contributed by atoms with Gasteiger partial charge in [-0.2, -0.15) is 5.26 Å². The number of esters is 1. The second-order valence-electron chi connectivity index (χ2n) is 7.96. The third-order valence-electron chi connectivity index (χ3n) is 5.74. The number of carbonyl (C=O) groups is 2. The minimum atomic E-state index is -0.640. The number of hydrogen-bond acceptors (Lipinski definition) is 6. The predicted octanol–water partition coefficient (Wildman–Crippen LogP) is 4.51. The topological polar surface area (TPSA) is 139 Å². The summed E-state index contributed by atoms with van der Waals surface area (Å²) in [5.41, 5.74) is 10.5. The van der Waals surface area contributed by atoms with E-state index in [4.69, 9.17) is 10.5 Å². The van der Waals surface area contributed by atoms with Crippen LogP contribution in [0.25, 0.3) is 28.1 Å². The molecule has 0 spiro atoms. The van der Waals surface area contributed by atoms with Crippen LogP contribution in [0.15, 0.2) is 79.0 Å². The second-order valence-corrected chi connectivity index (χ2v) is 7.96. The predicted molar refractivity (Wildman–Crippen MR) is 136 cm³/mol. The van der Waals surface area contributed by atoms with Gasteiger partial charge in [0.2, 0.25) is 0 Å². The number of aromatic nitrogens is 3. The molecule has 0 radical (unpaired) electrons. The van der Waals surface area contributed by atoms with E-state index in [9.17, 15) is 14.9 Å². The fourth-order valence-corrected chi connectivity index (χ4v) is 3.91. The van der Waals surface area contributed by atoms with Gasteiger partial charge in [-0.05, 0) is 54.6 Å². The van der Waals surface area contributed by atoms with Gasteiger partial charge in [0.25, 0.3) is 5.91 Å². The molecule has 0 unspecified atom stereocenters. The standard InChI is InChI=1S/C27H20N6O3/c1-36-27(35)24-23(29)18(14-28)15-33(24)20-11-12-21-22(13-20)32-25(31-21)16-7-9-19(10-8-16)30-26(34)17-5-3-2-4-6-17/h2-13,15H,29H2,1H3,(H,30,34)(H,31,32). The highest BCUT2D eigenvalue weighted by molar-refractivity contribution is 6.04. The van der Waals surface area contributed by atoms with Crippen LogP contribution in [0.3, 0.4) is 0 Å². The van der Waals surface area contributed by atoms with E-state index in [2.05, 4.69) is 15.3 Å². The number of hydrogen-bond donors (Lipinski definition) is 3. The van der Waals surface area contributed by atoms with Gasteiger partial charge in [-0.15, -0.1) is 0 Å². The van der Waals surface area contributed by atoms with E-state index in [1.807, 2.05) is 60.7 Å². The molecule has 2 aromatic heterocycles. The van der Waals surface area contributed by atoms with Crippen molar-refractivity contribution in [2.75, 3.05) is 18.2 Å².